The highest BCUT2D eigenvalue weighted by atomic mass is 16.5. The molecule has 102 valence electrons. The van der Waals surface area contributed by atoms with Crippen LogP contribution >= 0.6 is 0 Å². The van der Waals surface area contributed by atoms with Crippen molar-refractivity contribution in [3.05, 3.63) is 17.9 Å². The number of carboxylic acids is 1. The van der Waals surface area contributed by atoms with Gasteiger partial charge < -0.3 is 23.7 Å². The van der Waals surface area contributed by atoms with Crippen LogP contribution < -0.4 is 14.2 Å². The van der Waals surface area contributed by atoms with Gasteiger partial charge in [-0.1, -0.05) is 0 Å². The number of benzene rings is 1. The van der Waals surface area contributed by atoms with Crippen LogP contribution in [-0.2, 0) is 11.2 Å². The molecule has 2 aromatic rings. The lowest BCUT2D eigenvalue weighted by Crippen LogP contribution is -2.00. The van der Waals surface area contributed by atoms with Gasteiger partial charge in [-0.25, -0.2) is 0 Å². The molecule has 0 spiro atoms. The maximum Gasteiger partial charge on any atom is 0.307 e. The molecule has 19 heavy (non-hydrogen) atoms. The summed E-state index contributed by atoms with van der Waals surface area (Å²) in [6, 6.07) is 1.64. The molecule has 6 heteroatoms. The number of carboxylic acid groups (broad SMARTS) is 1. The second-order valence-corrected chi connectivity index (χ2v) is 3.85. The Hall–Kier alpha value is -2.37. The summed E-state index contributed by atoms with van der Waals surface area (Å²) in [7, 11) is 4.47. The zero-order valence-electron chi connectivity index (χ0n) is 10.9. The monoisotopic (exact) mass is 266 g/mol. The number of aliphatic carboxylic acids is 1. The first-order valence-electron chi connectivity index (χ1n) is 5.53. The average Bonchev–Trinajstić information content (AvgIpc) is 2.78. The minimum absolute atomic E-state index is 0.154. The lowest BCUT2D eigenvalue weighted by molar-refractivity contribution is -0.136. The fourth-order valence-corrected chi connectivity index (χ4v) is 2.02. The second kappa shape index (κ2) is 5.09. The number of furan rings is 1. The number of hydrogen-bond acceptors (Lipinski definition) is 5. The van der Waals surface area contributed by atoms with Crippen molar-refractivity contribution in [2.75, 3.05) is 21.3 Å². The van der Waals surface area contributed by atoms with Gasteiger partial charge in [0.15, 0.2) is 11.5 Å². The van der Waals surface area contributed by atoms with E-state index >= 15 is 0 Å². The Morgan fingerprint density at radius 3 is 2.42 bits per heavy atom. The molecule has 1 aromatic carbocycles. The Morgan fingerprint density at radius 1 is 1.21 bits per heavy atom. The van der Waals surface area contributed by atoms with Gasteiger partial charge in [-0.2, -0.15) is 0 Å². The molecule has 6 nitrogen and oxygen atoms in total. The lowest BCUT2D eigenvalue weighted by atomic mass is 10.1. The van der Waals surface area contributed by atoms with E-state index in [1.807, 2.05) is 0 Å². The Balaban J connectivity index is 2.74. The zero-order valence-corrected chi connectivity index (χ0v) is 10.9. The largest absolute Gasteiger partial charge is 0.493 e. The van der Waals surface area contributed by atoms with Gasteiger partial charge in [-0.15, -0.1) is 0 Å². The van der Waals surface area contributed by atoms with Crippen molar-refractivity contribution < 1.29 is 28.5 Å². The van der Waals surface area contributed by atoms with Crippen molar-refractivity contribution in [1.82, 2.24) is 0 Å². The van der Waals surface area contributed by atoms with Gasteiger partial charge in [-0.3, -0.25) is 4.79 Å². The van der Waals surface area contributed by atoms with Crippen LogP contribution in [-0.4, -0.2) is 32.4 Å². The standard InChI is InChI=1S/C13H14O6/c1-16-9-5-8-11(13(18-3)12(9)17-2)7(6-19-8)4-10(14)15/h5-6H,4H2,1-3H3,(H,14,15). The normalized spacial score (nSPS) is 10.5. The topological polar surface area (TPSA) is 78.1 Å². The summed E-state index contributed by atoms with van der Waals surface area (Å²) < 4.78 is 21.1. The van der Waals surface area contributed by atoms with Crippen LogP contribution in [0.1, 0.15) is 5.56 Å². The van der Waals surface area contributed by atoms with Crippen molar-refractivity contribution in [2.24, 2.45) is 0 Å². The van der Waals surface area contributed by atoms with Crippen molar-refractivity contribution in [2.45, 2.75) is 6.42 Å². The third-order valence-corrected chi connectivity index (χ3v) is 2.78. The highest BCUT2D eigenvalue weighted by Crippen LogP contribution is 2.45. The van der Waals surface area contributed by atoms with E-state index in [-0.39, 0.29) is 6.42 Å². The molecule has 0 saturated carbocycles. The molecule has 0 saturated heterocycles. The fourth-order valence-electron chi connectivity index (χ4n) is 2.02. The zero-order chi connectivity index (χ0) is 14.0. The molecule has 0 aliphatic heterocycles. The molecule has 2 rings (SSSR count). The smallest absolute Gasteiger partial charge is 0.307 e. The van der Waals surface area contributed by atoms with E-state index in [2.05, 4.69) is 0 Å². The minimum Gasteiger partial charge on any atom is -0.493 e. The summed E-state index contributed by atoms with van der Waals surface area (Å²) in [5.41, 5.74) is 1.02. The SMILES string of the molecule is COc1cc2occ(CC(=O)O)c2c(OC)c1OC. The van der Waals surface area contributed by atoms with Gasteiger partial charge in [0.2, 0.25) is 5.75 Å². The highest BCUT2D eigenvalue weighted by molar-refractivity contribution is 5.94. The molecule has 0 aliphatic carbocycles. The van der Waals surface area contributed by atoms with Crippen LogP contribution in [0.15, 0.2) is 16.7 Å². The maximum atomic E-state index is 10.8. The van der Waals surface area contributed by atoms with E-state index in [0.717, 1.165) is 0 Å². The first-order valence-corrected chi connectivity index (χ1v) is 5.53. The van der Waals surface area contributed by atoms with E-state index in [9.17, 15) is 4.79 Å². The average molecular weight is 266 g/mol. The van der Waals surface area contributed by atoms with Gasteiger partial charge >= 0.3 is 5.97 Å². The van der Waals surface area contributed by atoms with Crippen LogP contribution in [0, 0.1) is 0 Å². The van der Waals surface area contributed by atoms with E-state index in [1.54, 1.807) is 6.07 Å². The Labute approximate surface area is 109 Å². The van der Waals surface area contributed by atoms with Crippen LogP contribution in [0.2, 0.25) is 0 Å². The second-order valence-electron chi connectivity index (χ2n) is 3.85. The molecule has 0 unspecified atom stereocenters. The van der Waals surface area contributed by atoms with Crippen molar-refractivity contribution in [3.8, 4) is 17.2 Å². The summed E-state index contributed by atoms with van der Waals surface area (Å²) >= 11 is 0. The Kier molecular flexibility index (Phi) is 3.50. The molecule has 0 bridgehead atoms. The molecular weight excluding hydrogens is 252 g/mol. The van der Waals surface area contributed by atoms with Crippen molar-refractivity contribution >= 4 is 16.9 Å². The Morgan fingerprint density at radius 2 is 1.89 bits per heavy atom. The molecule has 0 fully saturated rings. The number of fused-ring (bicyclic) bond motifs is 1. The van der Waals surface area contributed by atoms with Gasteiger partial charge in [-0.05, 0) is 0 Å². The van der Waals surface area contributed by atoms with Crippen molar-refractivity contribution in [1.29, 1.82) is 0 Å². The molecule has 0 radical (unpaired) electrons. The molecule has 1 heterocycles. The van der Waals surface area contributed by atoms with E-state index < -0.39 is 5.97 Å². The third kappa shape index (κ3) is 2.16. The van der Waals surface area contributed by atoms with Gasteiger partial charge in [0.1, 0.15) is 5.58 Å². The minimum atomic E-state index is -0.945. The predicted octanol–water partition coefficient (Wildman–Crippen LogP) is 2.09. The number of ether oxygens (including phenoxy) is 3. The molecular formula is C13H14O6. The summed E-state index contributed by atoms with van der Waals surface area (Å²) in [5, 5.41) is 9.48. The van der Waals surface area contributed by atoms with Crippen LogP contribution in [0.5, 0.6) is 17.2 Å². The van der Waals surface area contributed by atoms with Gasteiger partial charge in [0.25, 0.3) is 0 Å². The first-order chi connectivity index (χ1) is 9.12. The van der Waals surface area contributed by atoms with Crippen LogP contribution in [0.3, 0.4) is 0 Å². The summed E-state index contributed by atoms with van der Waals surface area (Å²) in [6.45, 7) is 0. The van der Waals surface area contributed by atoms with Crippen molar-refractivity contribution in [3.63, 3.8) is 0 Å². The van der Waals surface area contributed by atoms with E-state index in [0.29, 0.717) is 33.8 Å². The van der Waals surface area contributed by atoms with E-state index in [4.69, 9.17) is 23.7 Å². The van der Waals surface area contributed by atoms with Crippen LogP contribution in [0.25, 0.3) is 11.0 Å². The maximum absolute atomic E-state index is 10.8. The number of carbonyl (C=O) groups is 1. The first kappa shape index (κ1) is 13.1. The molecule has 1 aromatic heterocycles. The predicted molar refractivity (Wildman–Crippen MR) is 67.2 cm³/mol. The Bertz CT molecular complexity index is 613. The lowest BCUT2D eigenvalue weighted by Gasteiger charge is -2.13. The van der Waals surface area contributed by atoms with E-state index in [1.165, 1.54) is 27.6 Å². The fraction of sp³-hybridized carbons (Fsp3) is 0.308. The molecule has 1 N–H and O–H groups in total. The summed E-state index contributed by atoms with van der Waals surface area (Å²) in [6.07, 6.45) is 1.25. The number of hydrogen-bond donors (Lipinski definition) is 1. The van der Waals surface area contributed by atoms with Crippen LogP contribution in [0.4, 0.5) is 0 Å². The van der Waals surface area contributed by atoms with Gasteiger partial charge in [0.05, 0.1) is 39.4 Å². The highest BCUT2D eigenvalue weighted by Gasteiger charge is 2.21. The third-order valence-electron chi connectivity index (χ3n) is 2.78. The molecule has 0 amide bonds. The quantitative estimate of drug-likeness (QED) is 0.892. The molecule has 0 atom stereocenters. The van der Waals surface area contributed by atoms with Gasteiger partial charge in [0, 0.05) is 11.6 Å². The molecule has 0 aliphatic rings. The summed E-state index contributed by atoms with van der Waals surface area (Å²) in [4.78, 5) is 10.8. The number of rotatable bonds is 5. The summed E-state index contributed by atoms with van der Waals surface area (Å²) in [5.74, 6) is 0.329. The number of methoxy groups -OCH3 is 3.